The van der Waals surface area contributed by atoms with Gasteiger partial charge in [-0.2, -0.15) is 0 Å². The Kier molecular flexibility index (Phi) is 5.96. The van der Waals surface area contributed by atoms with Crippen LogP contribution >= 0.6 is 23.2 Å². The molecule has 120 valence electrons. The molecule has 2 amide bonds. The lowest BCUT2D eigenvalue weighted by molar-refractivity contribution is -0.123. The summed E-state index contributed by atoms with van der Waals surface area (Å²) < 4.78 is 12.8. The van der Waals surface area contributed by atoms with E-state index >= 15 is 0 Å². The quantitative estimate of drug-likeness (QED) is 0.863. The first-order chi connectivity index (χ1) is 11.0. The van der Waals surface area contributed by atoms with E-state index in [1.165, 1.54) is 24.3 Å². The second-order valence-corrected chi connectivity index (χ2v) is 5.54. The number of amides is 2. The summed E-state index contributed by atoms with van der Waals surface area (Å²) in [6, 6.07) is 10.4. The van der Waals surface area contributed by atoms with Gasteiger partial charge in [-0.25, -0.2) is 4.39 Å². The molecule has 4 nitrogen and oxygen atoms in total. The maximum Gasteiger partial charge on any atom is 0.243 e. The summed E-state index contributed by atoms with van der Waals surface area (Å²) in [5, 5.41) is 5.63. The minimum absolute atomic E-state index is 0.0560. The van der Waals surface area contributed by atoms with Gasteiger partial charge in [0.1, 0.15) is 5.82 Å². The summed E-state index contributed by atoms with van der Waals surface area (Å²) >= 11 is 11.9. The van der Waals surface area contributed by atoms with E-state index in [-0.39, 0.29) is 24.7 Å². The van der Waals surface area contributed by atoms with Crippen LogP contribution in [0.15, 0.2) is 42.5 Å². The van der Waals surface area contributed by atoms with Crippen molar-refractivity contribution < 1.29 is 14.0 Å². The molecule has 0 aliphatic carbocycles. The fourth-order valence-electron chi connectivity index (χ4n) is 1.83. The van der Waals surface area contributed by atoms with Crippen LogP contribution in [-0.4, -0.2) is 18.4 Å². The lowest BCUT2D eigenvalue weighted by Crippen LogP contribution is -2.33. The van der Waals surface area contributed by atoms with Crippen molar-refractivity contribution in [3.05, 3.63) is 63.9 Å². The standard InChI is InChI=1S/C16H13Cl2FN2O2/c17-12-2-1-3-13(18)16(12)21-15(23)9-20-14(22)8-10-4-6-11(19)7-5-10/h1-7H,8-9H2,(H,20,22)(H,21,23). The second kappa shape index (κ2) is 7.94. The van der Waals surface area contributed by atoms with E-state index in [1.807, 2.05) is 0 Å². The molecule has 0 aliphatic rings. The van der Waals surface area contributed by atoms with Crippen molar-refractivity contribution in [2.45, 2.75) is 6.42 Å². The van der Waals surface area contributed by atoms with Crippen molar-refractivity contribution >= 4 is 40.7 Å². The van der Waals surface area contributed by atoms with Crippen LogP contribution in [-0.2, 0) is 16.0 Å². The largest absolute Gasteiger partial charge is 0.347 e. The van der Waals surface area contributed by atoms with E-state index in [1.54, 1.807) is 18.2 Å². The van der Waals surface area contributed by atoms with Gasteiger partial charge >= 0.3 is 0 Å². The molecule has 0 radical (unpaired) electrons. The van der Waals surface area contributed by atoms with Crippen molar-refractivity contribution in [2.75, 3.05) is 11.9 Å². The Balaban J connectivity index is 1.84. The average molecular weight is 355 g/mol. The predicted molar refractivity (Wildman–Crippen MR) is 88.2 cm³/mol. The van der Waals surface area contributed by atoms with Crippen molar-refractivity contribution in [3.8, 4) is 0 Å². The van der Waals surface area contributed by atoms with Crippen molar-refractivity contribution in [2.24, 2.45) is 0 Å². The molecule has 0 spiro atoms. The third-order valence-electron chi connectivity index (χ3n) is 2.95. The lowest BCUT2D eigenvalue weighted by atomic mass is 10.1. The van der Waals surface area contributed by atoms with Gasteiger partial charge in [-0.1, -0.05) is 41.4 Å². The summed E-state index contributed by atoms with van der Waals surface area (Å²) in [4.78, 5) is 23.6. The number of halogens is 3. The van der Waals surface area contributed by atoms with Gasteiger partial charge in [0.15, 0.2) is 0 Å². The number of benzene rings is 2. The summed E-state index contributed by atoms with van der Waals surface area (Å²) in [5.74, 6) is -1.17. The molecule has 2 aromatic rings. The molecule has 0 bridgehead atoms. The molecular weight excluding hydrogens is 342 g/mol. The van der Waals surface area contributed by atoms with Gasteiger partial charge < -0.3 is 10.6 Å². The highest BCUT2D eigenvalue weighted by Crippen LogP contribution is 2.29. The number of anilines is 1. The number of hydrogen-bond donors (Lipinski definition) is 2. The smallest absolute Gasteiger partial charge is 0.243 e. The zero-order valence-electron chi connectivity index (χ0n) is 11.9. The van der Waals surface area contributed by atoms with Gasteiger partial charge in [0.05, 0.1) is 28.7 Å². The van der Waals surface area contributed by atoms with Crippen LogP contribution in [0.1, 0.15) is 5.56 Å². The third-order valence-corrected chi connectivity index (χ3v) is 3.58. The molecule has 23 heavy (non-hydrogen) atoms. The molecule has 0 fully saturated rings. The SMILES string of the molecule is O=C(Cc1ccc(F)cc1)NCC(=O)Nc1c(Cl)cccc1Cl. The van der Waals surface area contributed by atoms with Gasteiger partial charge in [-0.15, -0.1) is 0 Å². The molecule has 0 atom stereocenters. The van der Waals surface area contributed by atoms with Crippen LogP contribution in [0.5, 0.6) is 0 Å². The molecule has 2 aromatic carbocycles. The van der Waals surface area contributed by atoms with Gasteiger partial charge in [-0.3, -0.25) is 9.59 Å². The zero-order chi connectivity index (χ0) is 16.8. The van der Waals surface area contributed by atoms with Crippen molar-refractivity contribution in [3.63, 3.8) is 0 Å². The minimum atomic E-state index is -0.451. The van der Waals surface area contributed by atoms with E-state index in [4.69, 9.17) is 23.2 Å². The number of nitrogens with one attached hydrogen (secondary N) is 2. The third kappa shape index (κ3) is 5.23. The van der Waals surface area contributed by atoms with Crippen molar-refractivity contribution in [1.29, 1.82) is 0 Å². The Morgan fingerprint density at radius 1 is 0.957 bits per heavy atom. The molecule has 2 rings (SSSR count). The Morgan fingerprint density at radius 3 is 2.17 bits per heavy atom. The molecule has 0 heterocycles. The monoisotopic (exact) mass is 354 g/mol. The second-order valence-electron chi connectivity index (χ2n) is 4.72. The predicted octanol–water partition coefficient (Wildman–Crippen LogP) is 3.43. The molecule has 0 saturated heterocycles. The first-order valence-corrected chi connectivity index (χ1v) is 7.46. The molecule has 0 aliphatic heterocycles. The number of carbonyl (C=O) groups excluding carboxylic acids is 2. The van der Waals surface area contributed by atoms with Gasteiger partial charge in [0.25, 0.3) is 0 Å². The molecule has 7 heteroatoms. The van der Waals surface area contributed by atoms with Crippen LogP contribution in [0.3, 0.4) is 0 Å². The minimum Gasteiger partial charge on any atom is -0.347 e. The lowest BCUT2D eigenvalue weighted by Gasteiger charge is -2.10. The summed E-state index contributed by atoms with van der Waals surface area (Å²) in [7, 11) is 0. The van der Waals surface area contributed by atoms with Crippen LogP contribution in [0.2, 0.25) is 10.0 Å². The summed E-state index contributed by atoms with van der Waals surface area (Å²) in [5.41, 5.74) is 0.951. The Bertz CT molecular complexity index is 700. The van der Waals surface area contributed by atoms with E-state index in [0.29, 0.717) is 21.3 Å². The van der Waals surface area contributed by atoms with E-state index in [2.05, 4.69) is 10.6 Å². The van der Waals surface area contributed by atoms with Gasteiger partial charge in [0.2, 0.25) is 11.8 Å². The van der Waals surface area contributed by atoms with Gasteiger partial charge in [-0.05, 0) is 29.8 Å². The van der Waals surface area contributed by atoms with Crippen LogP contribution in [0, 0.1) is 5.82 Å². The van der Waals surface area contributed by atoms with E-state index in [9.17, 15) is 14.0 Å². The number of carbonyl (C=O) groups is 2. The Hall–Kier alpha value is -2.11. The van der Waals surface area contributed by atoms with Crippen LogP contribution < -0.4 is 10.6 Å². The maximum absolute atomic E-state index is 12.8. The van der Waals surface area contributed by atoms with E-state index < -0.39 is 5.91 Å². The molecule has 0 aromatic heterocycles. The fraction of sp³-hybridized carbons (Fsp3) is 0.125. The topological polar surface area (TPSA) is 58.2 Å². The number of rotatable bonds is 5. The summed E-state index contributed by atoms with van der Waals surface area (Å²) in [6.07, 6.45) is 0.0560. The maximum atomic E-state index is 12.8. The molecule has 0 unspecified atom stereocenters. The van der Waals surface area contributed by atoms with Crippen LogP contribution in [0.4, 0.5) is 10.1 Å². The molecule has 0 saturated carbocycles. The average Bonchev–Trinajstić information content (AvgIpc) is 2.51. The highest BCUT2D eigenvalue weighted by Gasteiger charge is 2.11. The fourth-order valence-corrected chi connectivity index (χ4v) is 2.32. The normalized spacial score (nSPS) is 10.2. The van der Waals surface area contributed by atoms with Gasteiger partial charge in [0, 0.05) is 0 Å². The Labute approximate surface area is 142 Å². The number of para-hydroxylation sites is 1. The van der Waals surface area contributed by atoms with Crippen molar-refractivity contribution in [1.82, 2.24) is 5.32 Å². The molecule has 2 N–H and O–H groups in total. The number of hydrogen-bond acceptors (Lipinski definition) is 2. The first kappa shape index (κ1) is 17.2. The van der Waals surface area contributed by atoms with E-state index in [0.717, 1.165) is 0 Å². The molecular formula is C16H13Cl2FN2O2. The zero-order valence-corrected chi connectivity index (χ0v) is 13.4. The Morgan fingerprint density at radius 2 is 1.57 bits per heavy atom. The highest BCUT2D eigenvalue weighted by molar-refractivity contribution is 6.39. The first-order valence-electron chi connectivity index (χ1n) is 6.70. The highest BCUT2D eigenvalue weighted by atomic mass is 35.5. The van der Waals surface area contributed by atoms with Crippen LogP contribution in [0.25, 0.3) is 0 Å². The summed E-state index contributed by atoms with van der Waals surface area (Å²) in [6.45, 7) is -0.221.